The van der Waals surface area contributed by atoms with E-state index in [1.54, 1.807) is 16.7 Å². The van der Waals surface area contributed by atoms with Gasteiger partial charge >= 0.3 is 0 Å². The molecule has 0 aromatic heterocycles. The first kappa shape index (κ1) is 18.7. The Balaban J connectivity index is 1.55. The molecule has 7 heteroatoms. The van der Waals surface area contributed by atoms with Crippen molar-refractivity contribution >= 4 is 17.7 Å². The van der Waals surface area contributed by atoms with Gasteiger partial charge in [0, 0.05) is 52.5 Å². The maximum Gasteiger partial charge on any atom is 0.224 e. The van der Waals surface area contributed by atoms with Crippen LogP contribution in [0.4, 0.5) is 0 Å². The van der Waals surface area contributed by atoms with Crippen molar-refractivity contribution in [1.82, 2.24) is 20.4 Å². The van der Waals surface area contributed by atoms with Gasteiger partial charge in [0.1, 0.15) is 0 Å². The van der Waals surface area contributed by atoms with Crippen molar-refractivity contribution < 1.29 is 14.4 Å². The molecular formula is C17H30N4O3. The van der Waals surface area contributed by atoms with Crippen molar-refractivity contribution in [1.29, 1.82) is 0 Å². The molecule has 2 aliphatic heterocycles. The molecule has 24 heavy (non-hydrogen) atoms. The number of piperazine rings is 1. The van der Waals surface area contributed by atoms with Crippen LogP contribution in [-0.4, -0.2) is 73.3 Å². The third-order valence-electron chi connectivity index (χ3n) is 4.98. The molecule has 0 radical (unpaired) electrons. The average Bonchev–Trinajstić information content (AvgIpc) is 2.61. The van der Waals surface area contributed by atoms with Gasteiger partial charge in [-0.2, -0.15) is 0 Å². The number of nitrogens with one attached hydrogen (secondary N) is 2. The van der Waals surface area contributed by atoms with Gasteiger partial charge in [0.15, 0.2) is 0 Å². The maximum atomic E-state index is 12.1. The van der Waals surface area contributed by atoms with Crippen LogP contribution < -0.4 is 10.6 Å². The van der Waals surface area contributed by atoms with Crippen LogP contribution in [0.15, 0.2) is 0 Å². The molecule has 3 amide bonds. The molecule has 0 aromatic carbocycles. The molecule has 136 valence electrons. The largest absolute Gasteiger partial charge is 0.356 e. The number of rotatable bonds is 6. The van der Waals surface area contributed by atoms with Crippen molar-refractivity contribution in [2.45, 2.75) is 39.0 Å². The first-order valence-electron chi connectivity index (χ1n) is 9.07. The summed E-state index contributed by atoms with van der Waals surface area (Å²) in [6.45, 7) is 6.43. The number of carbonyl (C=O) groups is 3. The lowest BCUT2D eigenvalue weighted by molar-refractivity contribution is -0.138. The molecule has 0 unspecified atom stereocenters. The fraction of sp³-hybridized carbons (Fsp3) is 0.824. The zero-order valence-corrected chi connectivity index (χ0v) is 14.7. The van der Waals surface area contributed by atoms with Crippen LogP contribution in [-0.2, 0) is 14.4 Å². The van der Waals surface area contributed by atoms with Crippen LogP contribution in [0.25, 0.3) is 0 Å². The van der Waals surface area contributed by atoms with Gasteiger partial charge < -0.3 is 20.4 Å². The highest BCUT2D eigenvalue weighted by Gasteiger charge is 2.22. The molecule has 0 spiro atoms. The van der Waals surface area contributed by atoms with E-state index in [0.29, 0.717) is 51.5 Å². The maximum absolute atomic E-state index is 12.1. The zero-order valence-electron chi connectivity index (χ0n) is 14.7. The topological polar surface area (TPSA) is 81.8 Å². The van der Waals surface area contributed by atoms with E-state index in [2.05, 4.69) is 10.6 Å². The zero-order chi connectivity index (χ0) is 17.4. The van der Waals surface area contributed by atoms with Gasteiger partial charge in [-0.1, -0.05) is 0 Å². The van der Waals surface area contributed by atoms with Crippen molar-refractivity contribution in [2.24, 2.45) is 5.92 Å². The molecule has 2 fully saturated rings. The van der Waals surface area contributed by atoms with E-state index >= 15 is 0 Å². The summed E-state index contributed by atoms with van der Waals surface area (Å²) in [5, 5.41) is 6.18. The van der Waals surface area contributed by atoms with Gasteiger partial charge in [-0.3, -0.25) is 14.4 Å². The Labute approximate surface area is 144 Å². The minimum Gasteiger partial charge on any atom is -0.356 e. The highest BCUT2D eigenvalue weighted by molar-refractivity contribution is 5.79. The first-order valence-corrected chi connectivity index (χ1v) is 9.07. The van der Waals surface area contributed by atoms with E-state index in [0.717, 1.165) is 32.4 Å². The fourth-order valence-corrected chi connectivity index (χ4v) is 3.33. The normalized spacial score (nSPS) is 19.2. The summed E-state index contributed by atoms with van der Waals surface area (Å²) in [5.41, 5.74) is 0. The lowest BCUT2D eigenvalue weighted by Gasteiger charge is -2.34. The van der Waals surface area contributed by atoms with Crippen LogP contribution in [0, 0.1) is 5.92 Å². The third kappa shape index (κ3) is 6.11. The van der Waals surface area contributed by atoms with E-state index in [4.69, 9.17) is 0 Å². The molecule has 0 aromatic rings. The Bertz CT molecular complexity index is 441. The van der Waals surface area contributed by atoms with E-state index in [9.17, 15) is 14.4 Å². The van der Waals surface area contributed by atoms with Crippen molar-refractivity contribution in [3.63, 3.8) is 0 Å². The molecule has 2 rings (SSSR count). The van der Waals surface area contributed by atoms with Gasteiger partial charge in [-0.25, -0.2) is 0 Å². The van der Waals surface area contributed by atoms with Gasteiger partial charge in [0.25, 0.3) is 0 Å². The summed E-state index contributed by atoms with van der Waals surface area (Å²) in [6, 6.07) is 0. The number of hydrogen-bond acceptors (Lipinski definition) is 4. The highest BCUT2D eigenvalue weighted by atomic mass is 16.2. The second-order valence-corrected chi connectivity index (χ2v) is 6.72. The minimum absolute atomic E-state index is 0.0442. The van der Waals surface area contributed by atoms with E-state index in [1.807, 2.05) is 0 Å². The summed E-state index contributed by atoms with van der Waals surface area (Å²) in [4.78, 5) is 38.8. The van der Waals surface area contributed by atoms with E-state index in [1.165, 1.54) is 0 Å². The van der Waals surface area contributed by atoms with Crippen LogP contribution in [0.3, 0.4) is 0 Å². The standard InChI is InChI=1S/C17H30N4O3/c1-14(22)20-10-12-21(13-11-20)17(24)6-9-19-16(23)3-2-15-4-7-18-8-5-15/h15,18H,2-13H2,1H3,(H,19,23). The minimum atomic E-state index is 0.0442. The Kier molecular flexibility index (Phi) is 7.49. The second-order valence-electron chi connectivity index (χ2n) is 6.72. The van der Waals surface area contributed by atoms with Crippen molar-refractivity contribution in [3.05, 3.63) is 0 Å². The smallest absolute Gasteiger partial charge is 0.224 e. The Morgan fingerprint density at radius 2 is 1.62 bits per heavy atom. The molecule has 7 nitrogen and oxygen atoms in total. The predicted octanol–water partition coefficient (Wildman–Crippen LogP) is -0.0368. The first-order chi connectivity index (χ1) is 11.6. The third-order valence-corrected chi connectivity index (χ3v) is 4.98. The lowest BCUT2D eigenvalue weighted by Crippen LogP contribution is -2.50. The van der Waals surface area contributed by atoms with E-state index in [-0.39, 0.29) is 17.7 Å². The monoisotopic (exact) mass is 338 g/mol. The quantitative estimate of drug-likeness (QED) is 0.712. The average molecular weight is 338 g/mol. The van der Waals surface area contributed by atoms with Crippen molar-refractivity contribution in [2.75, 3.05) is 45.8 Å². The summed E-state index contributed by atoms with van der Waals surface area (Å²) in [6.07, 6.45) is 4.12. The molecule has 0 saturated carbocycles. The number of nitrogens with zero attached hydrogens (tertiary/aromatic N) is 2. The molecule has 2 aliphatic rings. The molecule has 2 heterocycles. The van der Waals surface area contributed by atoms with Gasteiger partial charge in [0.05, 0.1) is 0 Å². The fourth-order valence-electron chi connectivity index (χ4n) is 3.33. The molecule has 2 N–H and O–H groups in total. The number of amides is 3. The van der Waals surface area contributed by atoms with Crippen LogP contribution in [0.1, 0.15) is 39.0 Å². The van der Waals surface area contributed by atoms with E-state index < -0.39 is 0 Å². The molecule has 2 saturated heterocycles. The van der Waals surface area contributed by atoms with Crippen LogP contribution >= 0.6 is 0 Å². The molecule has 0 bridgehead atoms. The SMILES string of the molecule is CC(=O)N1CCN(C(=O)CCNC(=O)CCC2CCNCC2)CC1. The molecule has 0 aliphatic carbocycles. The number of carbonyl (C=O) groups excluding carboxylic acids is 3. The summed E-state index contributed by atoms with van der Waals surface area (Å²) in [7, 11) is 0. The Hall–Kier alpha value is -1.63. The van der Waals surface area contributed by atoms with Crippen LogP contribution in [0.5, 0.6) is 0 Å². The Morgan fingerprint density at radius 1 is 1.00 bits per heavy atom. The highest BCUT2D eigenvalue weighted by Crippen LogP contribution is 2.17. The Morgan fingerprint density at radius 3 is 2.25 bits per heavy atom. The molecule has 0 atom stereocenters. The number of hydrogen-bond donors (Lipinski definition) is 2. The lowest BCUT2D eigenvalue weighted by atomic mass is 9.93. The summed E-state index contributed by atoms with van der Waals surface area (Å²) < 4.78 is 0. The second kappa shape index (κ2) is 9.61. The number of piperidine rings is 1. The summed E-state index contributed by atoms with van der Waals surface area (Å²) >= 11 is 0. The van der Waals surface area contributed by atoms with Gasteiger partial charge in [-0.05, 0) is 38.3 Å². The predicted molar refractivity (Wildman–Crippen MR) is 91.3 cm³/mol. The summed E-state index contributed by atoms with van der Waals surface area (Å²) in [5.74, 6) is 0.805. The van der Waals surface area contributed by atoms with Gasteiger partial charge in [0.2, 0.25) is 17.7 Å². The molecular weight excluding hydrogens is 308 g/mol. The van der Waals surface area contributed by atoms with Gasteiger partial charge in [-0.15, -0.1) is 0 Å². The van der Waals surface area contributed by atoms with Crippen LogP contribution in [0.2, 0.25) is 0 Å². The van der Waals surface area contributed by atoms with Crippen molar-refractivity contribution in [3.8, 4) is 0 Å².